The number of aromatic nitrogens is 1. The van der Waals surface area contributed by atoms with Crippen LogP contribution in [0.25, 0.3) is 11.3 Å². The second-order valence-corrected chi connectivity index (χ2v) is 6.32. The third-order valence-corrected chi connectivity index (χ3v) is 4.15. The van der Waals surface area contributed by atoms with Gasteiger partial charge in [0.05, 0.1) is 26.4 Å². The van der Waals surface area contributed by atoms with Crippen molar-refractivity contribution >= 4 is 17.8 Å². The van der Waals surface area contributed by atoms with Crippen molar-refractivity contribution in [1.82, 2.24) is 15.8 Å². The molecule has 1 aromatic carbocycles. The summed E-state index contributed by atoms with van der Waals surface area (Å²) in [5.74, 6) is -0.323. The van der Waals surface area contributed by atoms with Crippen LogP contribution in [-0.4, -0.2) is 55.9 Å². The van der Waals surface area contributed by atoms with Crippen molar-refractivity contribution in [3.63, 3.8) is 0 Å². The first-order valence-corrected chi connectivity index (χ1v) is 9.27. The van der Waals surface area contributed by atoms with Crippen molar-refractivity contribution in [3.8, 4) is 22.8 Å². The molecular weight excluding hydrogens is 394 g/mol. The van der Waals surface area contributed by atoms with Gasteiger partial charge in [-0.1, -0.05) is 5.16 Å². The number of esters is 1. The van der Waals surface area contributed by atoms with Gasteiger partial charge in [0.25, 0.3) is 5.91 Å². The molecule has 0 bridgehead atoms. The molecule has 2 N–H and O–H groups in total. The van der Waals surface area contributed by atoms with E-state index in [4.69, 9.17) is 18.7 Å². The Morgan fingerprint density at radius 3 is 2.43 bits per heavy atom. The quantitative estimate of drug-likeness (QED) is 0.586. The number of carbonyl (C=O) groups is 3. The molecule has 0 aliphatic heterocycles. The summed E-state index contributed by atoms with van der Waals surface area (Å²) < 4.78 is 20.6. The van der Waals surface area contributed by atoms with Crippen LogP contribution in [0.4, 0.5) is 0 Å². The number of carbonyl (C=O) groups excluding carboxylic acids is 3. The van der Waals surface area contributed by atoms with Gasteiger partial charge in [0.2, 0.25) is 5.91 Å². The lowest BCUT2D eigenvalue weighted by Crippen LogP contribution is -2.49. The average Bonchev–Trinajstić information content (AvgIpc) is 3.23. The van der Waals surface area contributed by atoms with Crippen molar-refractivity contribution in [1.29, 1.82) is 0 Å². The highest BCUT2D eigenvalue weighted by Gasteiger charge is 2.24. The summed E-state index contributed by atoms with van der Waals surface area (Å²) >= 11 is 0. The number of nitrogens with zero attached hydrogens (tertiary/aromatic N) is 1. The van der Waals surface area contributed by atoms with Gasteiger partial charge in [-0.25, -0.2) is 4.79 Å². The van der Waals surface area contributed by atoms with Crippen LogP contribution in [0.5, 0.6) is 11.5 Å². The molecule has 162 valence electrons. The van der Waals surface area contributed by atoms with Gasteiger partial charge in [0.1, 0.15) is 23.6 Å². The van der Waals surface area contributed by atoms with Crippen LogP contribution in [0.2, 0.25) is 0 Å². The van der Waals surface area contributed by atoms with E-state index in [2.05, 4.69) is 15.8 Å². The molecule has 0 saturated heterocycles. The minimum Gasteiger partial charge on any atom is -0.497 e. The first-order valence-electron chi connectivity index (χ1n) is 9.27. The van der Waals surface area contributed by atoms with E-state index >= 15 is 0 Å². The second kappa shape index (κ2) is 10.3. The van der Waals surface area contributed by atoms with Crippen molar-refractivity contribution in [2.45, 2.75) is 32.9 Å². The zero-order chi connectivity index (χ0) is 22.3. The summed E-state index contributed by atoms with van der Waals surface area (Å²) in [5.41, 5.74) is 0.533. The number of methoxy groups -OCH3 is 2. The van der Waals surface area contributed by atoms with Crippen molar-refractivity contribution < 1.29 is 33.1 Å². The lowest BCUT2D eigenvalue weighted by Gasteiger charge is -2.17. The Balaban J connectivity index is 2.06. The van der Waals surface area contributed by atoms with Gasteiger partial charge in [-0.05, 0) is 39.0 Å². The van der Waals surface area contributed by atoms with Crippen molar-refractivity contribution in [3.05, 3.63) is 30.0 Å². The summed E-state index contributed by atoms with van der Waals surface area (Å²) in [6, 6.07) is 4.79. The van der Waals surface area contributed by atoms with E-state index in [-0.39, 0.29) is 12.3 Å². The van der Waals surface area contributed by atoms with Crippen molar-refractivity contribution in [2.75, 3.05) is 20.8 Å². The van der Waals surface area contributed by atoms with Gasteiger partial charge in [-0.2, -0.15) is 0 Å². The molecule has 10 nitrogen and oxygen atoms in total. The van der Waals surface area contributed by atoms with Crippen LogP contribution in [0.15, 0.2) is 28.8 Å². The molecule has 30 heavy (non-hydrogen) atoms. The molecule has 0 aliphatic rings. The maximum Gasteiger partial charge on any atom is 0.328 e. The van der Waals surface area contributed by atoms with Crippen LogP contribution in [0.1, 0.15) is 31.3 Å². The SMILES string of the molecule is CCOC(=O)[C@H](C)NC(=O)[C@@H](C)NC(=O)c1cc(-c2cc(OC)ccc2OC)on1. The van der Waals surface area contributed by atoms with Gasteiger partial charge in [-0.3, -0.25) is 9.59 Å². The molecule has 2 amide bonds. The van der Waals surface area contributed by atoms with E-state index in [1.54, 1.807) is 25.1 Å². The van der Waals surface area contributed by atoms with E-state index in [0.29, 0.717) is 22.8 Å². The summed E-state index contributed by atoms with van der Waals surface area (Å²) in [4.78, 5) is 36.3. The number of hydrogen-bond donors (Lipinski definition) is 2. The molecular formula is C20H25N3O7. The molecule has 10 heteroatoms. The largest absolute Gasteiger partial charge is 0.497 e. The van der Waals surface area contributed by atoms with E-state index < -0.39 is 29.9 Å². The van der Waals surface area contributed by atoms with Gasteiger partial charge < -0.3 is 29.4 Å². The maximum atomic E-state index is 12.4. The maximum absolute atomic E-state index is 12.4. The number of rotatable bonds is 9. The molecule has 1 heterocycles. The Morgan fingerprint density at radius 2 is 1.80 bits per heavy atom. The molecule has 2 aromatic rings. The average molecular weight is 419 g/mol. The Kier molecular flexibility index (Phi) is 7.79. The molecule has 0 aliphatic carbocycles. The molecule has 1 aromatic heterocycles. The van der Waals surface area contributed by atoms with Gasteiger partial charge in [0, 0.05) is 6.07 Å². The highest BCUT2D eigenvalue weighted by molar-refractivity contribution is 5.97. The smallest absolute Gasteiger partial charge is 0.328 e. The van der Waals surface area contributed by atoms with Crippen LogP contribution >= 0.6 is 0 Å². The van der Waals surface area contributed by atoms with Crippen LogP contribution in [0.3, 0.4) is 0 Å². The zero-order valence-corrected chi connectivity index (χ0v) is 17.5. The highest BCUT2D eigenvalue weighted by atomic mass is 16.5. The monoisotopic (exact) mass is 419 g/mol. The number of amides is 2. The standard InChI is InChI=1S/C20H25N3O7/c1-6-29-20(26)12(3)22-18(24)11(2)21-19(25)15-10-17(30-23-15)14-9-13(27-4)7-8-16(14)28-5/h7-12H,6H2,1-5H3,(H,21,25)(H,22,24)/t11-,12+/m1/s1. The predicted molar refractivity (Wildman–Crippen MR) is 106 cm³/mol. The van der Waals surface area contributed by atoms with Gasteiger partial charge in [-0.15, -0.1) is 0 Å². The summed E-state index contributed by atoms with van der Waals surface area (Å²) in [6.45, 7) is 4.85. The highest BCUT2D eigenvalue weighted by Crippen LogP contribution is 2.33. The fraction of sp³-hybridized carbons (Fsp3) is 0.400. The van der Waals surface area contributed by atoms with E-state index in [0.717, 1.165) is 0 Å². The van der Waals surface area contributed by atoms with Gasteiger partial charge in [0.15, 0.2) is 11.5 Å². The second-order valence-electron chi connectivity index (χ2n) is 6.32. The first kappa shape index (κ1) is 22.7. The summed E-state index contributed by atoms with van der Waals surface area (Å²) in [5, 5.41) is 8.74. The fourth-order valence-corrected chi connectivity index (χ4v) is 2.52. The number of hydrogen-bond acceptors (Lipinski definition) is 8. The molecule has 0 fully saturated rings. The Morgan fingerprint density at radius 1 is 1.07 bits per heavy atom. The summed E-state index contributed by atoms with van der Waals surface area (Å²) in [7, 11) is 3.03. The molecule has 0 unspecified atom stereocenters. The molecule has 2 atom stereocenters. The Labute approximate surface area is 173 Å². The number of ether oxygens (including phenoxy) is 3. The Hall–Kier alpha value is -3.56. The van der Waals surface area contributed by atoms with E-state index in [1.807, 2.05) is 0 Å². The molecule has 0 radical (unpaired) electrons. The number of benzene rings is 1. The topological polar surface area (TPSA) is 129 Å². The first-order chi connectivity index (χ1) is 14.3. The molecule has 0 saturated carbocycles. The zero-order valence-electron chi connectivity index (χ0n) is 17.5. The van der Waals surface area contributed by atoms with Crippen LogP contribution in [-0.2, 0) is 14.3 Å². The van der Waals surface area contributed by atoms with E-state index in [1.165, 1.54) is 34.1 Å². The number of nitrogens with one attached hydrogen (secondary N) is 2. The van der Waals surface area contributed by atoms with Crippen LogP contribution < -0.4 is 20.1 Å². The normalized spacial score (nSPS) is 12.4. The lowest BCUT2D eigenvalue weighted by molar-refractivity contribution is -0.147. The minimum atomic E-state index is -0.916. The third-order valence-electron chi connectivity index (χ3n) is 4.15. The van der Waals surface area contributed by atoms with Crippen molar-refractivity contribution in [2.24, 2.45) is 0 Å². The Bertz CT molecular complexity index is 910. The minimum absolute atomic E-state index is 0.0204. The third kappa shape index (κ3) is 5.49. The molecule has 2 rings (SSSR count). The fourth-order valence-electron chi connectivity index (χ4n) is 2.52. The van der Waals surface area contributed by atoms with Gasteiger partial charge >= 0.3 is 5.97 Å². The lowest BCUT2D eigenvalue weighted by atomic mass is 10.1. The predicted octanol–water partition coefficient (Wildman–Crippen LogP) is 1.54. The summed E-state index contributed by atoms with van der Waals surface area (Å²) in [6.07, 6.45) is 0. The molecule has 0 spiro atoms. The van der Waals surface area contributed by atoms with Crippen LogP contribution in [0, 0.1) is 0 Å². The van der Waals surface area contributed by atoms with E-state index in [9.17, 15) is 14.4 Å².